The van der Waals surface area contributed by atoms with Crippen LogP contribution in [0, 0.1) is 6.92 Å². The van der Waals surface area contributed by atoms with Crippen LogP contribution in [0.25, 0.3) is 22.4 Å². The monoisotopic (exact) mass is 558 g/mol. The molecule has 10 heteroatoms. The molecule has 0 unspecified atom stereocenters. The maximum absolute atomic E-state index is 13.6. The van der Waals surface area contributed by atoms with Gasteiger partial charge in [-0.3, -0.25) is 9.78 Å². The summed E-state index contributed by atoms with van der Waals surface area (Å²) in [5.41, 5.74) is 0.963. The second-order valence-corrected chi connectivity index (χ2v) is 9.36. The van der Waals surface area contributed by atoms with Gasteiger partial charge in [-0.1, -0.05) is 48.5 Å². The van der Waals surface area contributed by atoms with Gasteiger partial charge in [-0.05, 0) is 59.0 Å². The van der Waals surface area contributed by atoms with Crippen molar-refractivity contribution in [2.75, 3.05) is 7.05 Å². The average Bonchev–Trinajstić information content (AvgIpc) is 2.91. The van der Waals surface area contributed by atoms with Gasteiger partial charge in [0.15, 0.2) is 0 Å². The van der Waals surface area contributed by atoms with Crippen molar-refractivity contribution in [2.45, 2.75) is 32.4 Å². The molecule has 0 spiro atoms. The molecule has 1 heterocycles. The summed E-state index contributed by atoms with van der Waals surface area (Å²) in [5.74, 6) is -0.626. The van der Waals surface area contributed by atoms with E-state index in [2.05, 4.69) is 4.98 Å². The molecule has 0 bridgehead atoms. The van der Waals surface area contributed by atoms with Gasteiger partial charge in [-0.2, -0.15) is 26.3 Å². The van der Waals surface area contributed by atoms with Crippen molar-refractivity contribution in [3.05, 3.63) is 112 Å². The number of benzene rings is 3. The molecule has 0 aliphatic carbocycles. The number of aliphatic hydroxyl groups is 1. The summed E-state index contributed by atoms with van der Waals surface area (Å²) >= 11 is 0. The minimum absolute atomic E-state index is 0.0529. The van der Waals surface area contributed by atoms with Gasteiger partial charge >= 0.3 is 12.4 Å². The fraction of sp³-hybridized carbons (Fsp3) is 0.200. The number of aliphatic hydroxyl groups excluding tert-OH is 1. The Balaban J connectivity index is 1.75. The smallest absolute Gasteiger partial charge is 0.392 e. The van der Waals surface area contributed by atoms with Gasteiger partial charge in [0.2, 0.25) is 0 Å². The lowest BCUT2D eigenvalue weighted by Crippen LogP contribution is -2.27. The number of rotatable bonds is 6. The number of hydrogen-bond donors (Lipinski definition) is 1. The Morgan fingerprint density at radius 1 is 0.825 bits per heavy atom. The number of carbonyl (C=O) groups excluding carboxylic acids is 1. The lowest BCUT2D eigenvalue weighted by molar-refractivity contribution is -0.143. The van der Waals surface area contributed by atoms with E-state index in [-0.39, 0.29) is 23.8 Å². The Labute approximate surface area is 226 Å². The number of aromatic nitrogens is 1. The Bertz CT molecular complexity index is 1500. The van der Waals surface area contributed by atoms with Crippen LogP contribution in [0.1, 0.15) is 38.2 Å². The molecule has 0 aliphatic heterocycles. The van der Waals surface area contributed by atoms with Gasteiger partial charge in [0.05, 0.1) is 29.0 Å². The number of nitrogens with zero attached hydrogens (tertiary/aromatic N) is 2. The van der Waals surface area contributed by atoms with E-state index in [0.717, 1.165) is 16.0 Å². The van der Waals surface area contributed by atoms with E-state index in [1.54, 1.807) is 36.4 Å². The molecule has 1 aromatic heterocycles. The van der Waals surface area contributed by atoms with Crippen molar-refractivity contribution in [1.29, 1.82) is 0 Å². The van der Waals surface area contributed by atoms with E-state index in [0.29, 0.717) is 34.5 Å². The summed E-state index contributed by atoms with van der Waals surface area (Å²) in [6.45, 7) is 1.23. The molecule has 1 N–H and O–H groups in total. The van der Waals surface area contributed by atoms with Gasteiger partial charge in [0.25, 0.3) is 5.91 Å². The normalized spacial score (nSPS) is 11.9. The molecule has 0 fully saturated rings. The van der Waals surface area contributed by atoms with Crippen molar-refractivity contribution in [1.82, 2.24) is 9.88 Å². The first kappa shape index (κ1) is 28.8. The predicted octanol–water partition coefficient (Wildman–Crippen LogP) is 7.53. The molecular weight excluding hydrogens is 534 g/mol. The first-order valence-electron chi connectivity index (χ1n) is 12.1. The van der Waals surface area contributed by atoms with Crippen LogP contribution in [-0.4, -0.2) is 27.9 Å². The van der Waals surface area contributed by atoms with Crippen molar-refractivity contribution < 1.29 is 36.2 Å². The molecule has 0 atom stereocenters. The molecule has 1 amide bonds. The summed E-state index contributed by atoms with van der Waals surface area (Å²) in [5, 5.41) is 9.32. The van der Waals surface area contributed by atoms with E-state index >= 15 is 0 Å². The quantitative estimate of drug-likeness (QED) is 0.249. The van der Waals surface area contributed by atoms with E-state index in [1.165, 1.54) is 13.2 Å². The van der Waals surface area contributed by atoms with Gasteiger partial charge < -0.3 is 10.0 Å². The standard InChI is InChI=1S/C30H24F6N2O2/c1-18-5-3-4-6-24(18)25-14-27(21-9-7-19(17-39)8-10-21)37-15-26(25)28(40)38(2)16-20-11-22(29(31,32)33)13-23(12-20)30(34,35)36/h3-15,39H,16-17H2,1-2H3. The summed E-state index contributed by atoms with van der Waals surface area (Å²) < 4.78 is 80.0. The third-order valence-electron chi connectivity index (χ3n) is 6.42. The van der Waals surface area contributed by atoms with Gasteiger partial charge in [0, 0.05) is 25.4 Å². The second-order valence-electron chi connectivity index (χ2n) is 9.36. The zero-order valence-electron chi connectivity index (χ0n) is 21.4. The molecule has 0 saturated carbocycles. The first-order chi connectivity index (χ1) is 18.8. The molecule has 4 rings (SSSR count). The van der Waals surface area contributed by atoms with Crippen molar-refractivity contribution in [2.24, 2.45) is 0 Å². The molecule has 3 aromatic carbocycles. The summed E-state index contributed by atoms with van der Waals surface area (Å²) in [7, 11) is 1.30. The molecule has 40 heavy (non-hydrogen) atoms. The Morgan fingerprint density at radius 3 is 1.98 bits per heavy atom. The number of halogens is 6. The van der Waals surface area contributed by atoms with Crippen LogP contribution in [0.2, 0.25) is 0 Å². The van der Waals surface area contributed by atoms with Crippen LogP contribution < -0.4 is 0 Å². The minimum atomic E-state index is -4.99. The topological polar surface area (TPSA) is 53.4 Å². The van der Waals surface area contributed by atoms with Gasteiger partial charge in [-0.25, -0.2) is 0 Å². The zero-order valence-corrected chi connectivity index (χ0v) is 21.4. The van der Waals surface area contributed by atoms with Crippen LogP contribution >= 0.6 is 0 Å². The third kappa shape index (κ3) is 6.34. The number of pyridine rings is 1. The Kier molecular flexibility index (Phi) is 8.02. The van der Waals surface area contributed by atoms with E-state index < -0.39 is 35.9 Å². The van der Waals surface area contributed by atoms with Crippen LogP contribution in [-0.2, 0) is 25.5 Å². The lowest BCUT2D eigenvalue weighted by atomic mass is 9.94. The maximum Gasteiger partial charge on any atom is 0.416 e. The highest BCUT2D eigenvalue weighted by Gasteiger charge is 2.37. The van der Waals surface area contributed by atoms with Crippen molar-refractivity contribution >= 4 is 5.91 Å². The van der Waals surface area contributed by atoms with E-state index in [1.807, 2.05) is 25.1 Å². The van der Waals surface area contributed by atoms with Gasteiger partial charge in [-0.15, -0.1) is 0 Å². The van der Waals surface area contributed by atoms with Crippen LogP contribution in [0.5, 0.6) is 0 Å². The number of carbonyl (C=O) groups is 1. The Hall–Kier alpha value is -4.18. The number of hydrogen-bond acceptors (Lipinski definition) is 3. The lowest BCUT2D eigenvalue weighted by Gasteiger charge is -2.22. The summed E-state index contributed by atoms with van der Waals surface area (Å²) in [4.78, 5) is 19.0. The number of alkyl halides is 6. The average molecular weight is 559 g/mol. The third-order valence-corrected chi connectivity index (χ3v) is 6.42. The molecule has 0 radical (unpaired) electrons. The highest BCUT2D eigenvalue weighted by Crippen LogP contribution is 2.37. The van der Waals surface area contributed by atoms with Crippen LogP contribution in [0.4, 0.5) is 26.3 Å². The molecule has 0 aliphatic rings. The fourth-order valence-corrected chi connectivity index (χ4v) is 4.32. The summed E-state index contributed by atoms with van der Waals surface area (Å²) in [6.07, 6.45) is -8.64. The van der Waals surface area contributed by atoms with E-state index in [4.69, 9.17) is 0 Å². The van der Waals surface area contributed by atoms with E-state index in [9.17, 15) is 36.2 Å². The van der Waals surface area contributed by atoms with Crippen molar-refractivity contribution in [3.63, 3.8) is 0 Å². The molecule has 4 aromatic rings. The maximum atomic E-state index is 13.6. The second kappa shape index (κ2) is 11.1. The molecular formula is C30H24F6N2O2. The molecule has 4 nitrogen and oxygen atoms in total. The SMILES string of the molecule is Cc1ccccc1-c1cc(-c2ccc(CO)cc2)ncc1C(=O)N(C)Cc1cc(C(F)(F)F)cc(C(F)(F)F)c1. The number of amides is 1. The highest BCUT2D eigenvalue weighted by atomic mass is 19.4. The number of aryl methyl sites for hydroxylation is 1. The summed E-state index contributed by atoms with van der Waals surface area (Å²) in [6, 6.07) is 17.3. The molecule has 0 saturated heterocycles. The van der Waals surface area contributed by atoms with Crippen LogP contribution in [0.15, 0.2) is 79.0 Å². The van der Waals surface area contributed by atoms with Gasteiger partial charge in [0.1, 0.15) is 0 Å². The fourth-order valence-electron chi connectivity index (χ4n) is 4.32. The van der Waals surface area contributed by atoms with Crippen LogP contribution in [0.3, 0.4) is 0 Å². The largest absolute Gasteiger partial charge is 0.416 e. The zero-order chi connectivity index (χ0) is 29.2. The Morgan fingerprint density at radius 2 is 1.43 bits per heavy atom. The van der Waals surface area contributed by atoms with Crippen molar-refractivity contribution in [3.8, 4) is 22.4 Å². The molecule has 208 valence electrons. The highest BCUT2D eigenvalue weighted by molar-refractivity contribution is 6.01. The predicted molar refractivity (Wildman–Crippen MR) is 138 cm³/mol. The minimum Gasteiger partial charge on any atom is -0.392 e. The first-order valence-corrected chi connectivity index (χ1v) is 12.1.